The molecule has 4 aromatic rings. The first-order valence-electron chi connectivity index (χ1n) is 15.9. The number of nitrogens with zero attached hydrogens (tertiary/aromatic N) is 2. The van der Waals surface area contributed by atoms with E-state index in [2.05, 4.69) is 60.9 Å². The molecular weight excluding hydrogens is 600 g/mol. The van der Waals surface area contributed by atoms with Crippen LogP contribution in [0.25, 0.3) is 22.0 Å². The van der Waals surface area contributed by atoms with E-state index in [-0.39, 0.29) is 88.1 Å². The number of H-pyrrole nitrogens is 2. The Bertz CT molecular complexity index is 1680. The molecule has 2 heterocycles. The fraction of sp³-hybridized carbons (Fsp3) is 0.471. The van der Waals surface area contributed by atoms with Gasteiger partial charge in [-0.25, -0.2) is 27.5 Å². The molecule has 4 N–H and O–H groups in total. The van der Waals surface area contributed by atoms with Gasteiger partial charge in [0.25, 0.3) is 0 Å². The third kappa shape index (κ3) is 7.94. The van der Waals surface area contributed by atoms with Gasteiger partial charge in [-0.15, -0.1) is 0 Å². The van der Waals surface area contributed by atoms with Crippen LogP contribution in [0.3, 0.4) is 0 Å². The number of aryl methyl sites for hydroxylation is 2. The molecule has 244 valence electrons. The van der Waals surface area contributed by atoms with Crippen molar-refractivity contribution in [2.45, 2.75) is 89.1 Å². The molecule has 2 aliphatic rings. The molecule has 0 radical (unpaired) electrons. The zero-order valence-corrected chi connectivity index (χ0v) is 25.5. The molecule has 0 spiro atoms. The third-order valence-electron chi connectivity index (χ3n) is 9.24. The van der Waals surface area contributed by atoms with Crippen LogP contribution in [0.15, 0.2) is 48.8 Å². The quantitative estimate of drug-likeness (QED) is 0.146. The van der Waals surface area contributed by atoms with Crippen molar-refractivity contribution in [1.82, 2.24) is 30.6 Å². The summed E-state index contributed by atoms with van der Waals surface area (Å²) in [6.07, 6.45) is 4.85. The van der Waals surface area contributed by atoms with Gasteiger partial charge in [0.2, 0.25) is 23.7 Å². The number of aromatic amines is 2. The number of fused-ring (bicyclic) bond motifs is 1. The largest absolute Gasteiger partial charge is 0.349 e. The lowest BCUT2D eigenvalue weighted by Gasteiger charge is -2.27. The summed E-state index contributed by atoms with van der Waals surface area (Å²) in [6, 6.07) is 12.5. The predicted octanol–water partition coefficient (Wildman–Crippen LogP) is 6.62. The number of imidazole rings is 2. The summed E-state index contributed by atoms with van der Waals surface area (Å²) >= 11 is 0. The van der Waals surface area contributed by atoms with Crippen molar-refractivity contribution in [2.24, 2.45) is 11.8 Å². The normalized spacial score (nSPS) is 18.4. The zero-order chi connectivity index (χ0) is 32.3. The monoisotopic (exact) mass is 638 g/mol. The molecule has 2 aromatic heterocycles. The second-order valence-electron chi connectivity index (χ2n) is 12.7. The Morgan fingerprint density at radius 3 is 1.89 bits per heavy atom. The van der Waals surface area contributed by atoms with E-state index in [0.29, 0.717) is 11.6 Å². The summed E-state index contributed by atoms with van der Waals surface area (Å²) in [5.41, 5.74) is 3.89. The van der Waals surface area contributed by atoms with E-state index in [1.54, 1.807) is 12.4 Å². The smallest absolute Gasteiger partial charge is 0.248 e. The standard InChI is InChI=1S/C34H38F4N6O2/c35-33(36)11-7-22(8-12-33)31(45)41-19-29-39-17-27(43-29)6-2-21-1-3-25-16-26(5-4-24(25)15-21)28-18-40-30(44-28)20-42-32(46)23-9-13-34(37,38)14-10-23/h1,3-5,15-18,22-23H,2,6-14,19-20H2,(H,39,43)(H,40,44)(H,41,45)(H,42,46). The predicted molar refractivity (Wildman–Crippen MR) is 165 cm³/mol. The number of alkyl halides is 4. The topological polar surface area (TPSA) is 116 Å². The molecule has 2 aliphatic carbocycles. The van der Waals surface area contributed by atoms with E-state index < -0.39 is 11.8 Å². The Morgan fingerprint density at radius 2 is 1.26 bits per heavy atom. The molecular formula is C34H38F4N6O2. The average Bonchev–Trinajstić information content (AvgIpc) is 3.71. The Hall–Kier alpha value is -4.22. The number of halogens is 4. The Labute approximate surface area is 264 Å². The van der Waals surface area contributed by atoms with Gasteiger partial charge < -0.3 is 20.6 Å². The number of carbonyl (C=O) groups is 2. The van der Waals surface area contributed by atoms with Gasteiger partial charge in [-0.3, -0.25) is 9.59 Å². The highest BCUT2D eigenvalue weighted by molar-refractivity contribution is 5.87. The van der Waals surface area contributed by atoms with Crippen molar-refractivity contribution in [3.63, 3.8) is 0 Å². The maximum atomic E-state index is 13.4. The summed E-state index contributed by atoms with van der Waals surface area (Å²) in [4.78, 5) is 40.1. The van der Waals surface area contributed by atoms with Crippen LogP contribution >= 0.6 is 0 Å². The fourth-order valence-electron chi connectivity index (χ4n) is 6.35. The lowest BCUT2D eigenvalue weighted by molar-refractivity contribution is -0.130. The number of rotatable bonds is 10. The maximum absolute atomic E-state index is 13.4. The first-order valence-corrected chi connectivity index (χ1v) is 15.9. The van der Waals surface area contributed by atoms with E-state index in [9.17, 15) is 27.2 Å². The summed E-state index contributed by atoms with van der Waals surface area (Å²) in [5, 5.41) is 7.82. The van der Waals surface area contributed by atoms with Crippen molar-refractivity contribution in [3.05, 3.63) is 71.7 Å². The first-order chi connectivity index (χ1) is 22.0. The van der Waals surface area contributed by atoms with Gasteiger partial charge in [-0.1, -0.05) is 30.3 Å². The fourth-order valence-corrected chi connectivity index (χ4v) is 6.35. The van der Waals surface area contributed by atoms with Gasteiger partial charge in [-0.2, -0.15) is 0 Å². The lowest BCUT2D eigenvalue weighted by Crippen LogP contribution is -2.35. The Morgan fingerprint density at radius 1 is 0.717 bits per heavy atom. The number of hydrogen-bond acceptors (Lipinski definition) is 4. The summed E-state index contributed by atoms with van der Waals surface area (Å²) in [5.74, 6) is -5.24. The van der Waals surface area contributed by atoms with E-state index in [1.165, 1.54) is 5.56 Å². The van der Waals surface area contributed by atoms with Crippen molar-refractivity contribution in [3.8, 4) is 11.3 Å². The molecule has 2 fully saturated rings. The molecule has 0 atom stereocenters. The lowest BCUT2D eigenvalue weighted by atomic mass is 9.86. The van der Waals surface area contributed by atoms with Crippen LogP contribution in [0.2, 0.25) is 0 Å². The highest BCUT2D eigenvalue weighted by atomic mass is 19.3. The van der Waals surface area contributed by atoms with Crippen molar-refractivity contribution in [1.29, 1.82) is 0 Å². The molecule has 2 amide bonds. The van der Waals surface area contributed by atoms with Crippen LogP contribution in [-0.2, 0) is 35.5 Å². The van der Waals surface area contributed by atoms with Crippen molar-refractivity contribution >= 4 is 22.6 Å². The first kappa shape index (κ1) is 31.7. The van der Waals surface area contributed by atoms with Crippen molar-refractivity contribution < 1.29 is 27.2 Å². The molecule has 0 bridgehead atoms. The van der Waals surface area contributed by atoms with E-state index in [0.717, 1.165) is 40.6 Å². The molecule has 6 rings (SSSR count). The number of hydrogen-bond donors (Lipinski definition) is 4. The molecule has 46 heavy (non-hydrogen) atoms. The van der Waals surface area contributed by atoms with Crippen LogP contribution < -0.4 is 10.6 Å². The molecule has 0 saturated heterocycles. The second-order valence-corrected chi connectivity index (χ2v) is 12.7. The maximum Gasteiger partial charge on any atom is 0.248 e. The molecule has 2 saturated carbocycles. The van der Waals surface area contributed by atoms with Crippen LogP contribution in [0.1, 0.15) is 74.3 Å². The summed E-state index contributed by atoms with van der Waals surface area (Å²) < 4.78 is 53.5. The van der Waals surface area contributed by atoms with E-state index in [4.69, 9.17) is 0 Å². The highest BCUT2D eigenvalue weighted by Crippen LogP contribution is 2.37. The SMILES string of the molecule is O=C(NCc1ncc(CCc2ccc3cc(-c4cnc(CNC(=O)C5CCC(F)(F)CC5)[nH]4)ccc3c2)[nH]1)C1CCC(F)(F)CC1. The molecule has 0 aliphatic heterocycles. The number of aromatic nitrogens is 4. The minimum absolute atomic E-state index is 0.197. The van der Waals surface area contributed by atoms with Crippen LogP contribution in [0.5, 0.6) is 0 Å². The van der Waals surface area contributed by atoms with Gasteiger partial charge in [0, 0.05) is 55.0 Å². The van der Waals surface area contributed by atoms with E-state index >= 15 is 0 Å². The average molecular weight is 639 g/mol. The van der Waals surface area contributed by atoms with Crippen LogP contribution in [0, 0.1) is 11.8 Å². The Kier molecular flexibility index (Phi) is 9.15. The minimum Gasteiger partial charge on any atom is -0.349 e. The van der Waals surface area contributed by atoms with Gasteiger partial charge in [-0.05, 0) is 60.9 Å². The van der Waals surface area contributed by atoms with Crippen LogP contribution in [-0.4, -0.2) is 43.6 Å². The molecule has 0 unspecified atom stereocenters. The zero-order valence-electron chi connectivity index (χ0n) is 25.5. The summed E-state index contributed by atoms with van der Waals surface area (Å²) in [6.45, 7) is 0.444. The van der Waals surface area contributed by atoms with E-state index in [1.807, 2.05) is 6.07 Å². The van der Waals surface area contributed by atoms with Gasteiger partial charge in [0.1, 0.15) is 11.6 Å². The third-order valence-corrected chi connectivity index (χ3v) is 9.24. The van der Waals surface area contributed by atoms with Gasteiger partial charge in [0.05, 0.1) is 25.0 Å². The number of amides is 2. The van der Waals surface area contributed by atoms with Gasteiger partial charge >= 0.3 is 0 Å². The second kappa shape index (κ2) is 13.3. The van der Waals surface area contributed by atoms with Crippen molar-refractivity contribution in [2.75, 3.05) is 0 Å². The highest BCUT2D eigenvalue weighted by Gasteiger charge is 2.38. The Balaban J connectivity index is 0.977. The molecule has 2 aromatic carbocycles. The number of nitrogens with one attached hydrogen (secondary N) is 4. The minimum atomic E-state index is -2.66. The van der Waals surface area contributed by atoms with Crippen LogP contribution in [0.4, 0.5) is 17.6 Å². The summed E-state index contributed by atoms with van der Waals surface area (Å²) in [7, 11) is 0. The number of benzene rings is 2. The van der Waals surface area contributed by atoms with Gasteiger partial charge in [0.15, 0.2) is 0 Å². The molecule has 12 heteroatoms. The number of carbonyl (C=O) groups excluding carboxylic acids is 2. The molecule has 8 nitrogen and oxygen atoms in total.